The van der Waals surface area contributed by atoms with Crippen LogP contribution in [0.3, 0.4) is 0 Å². The van der Waals surface area contributed by atoms with Gasteiger partial charge < -0.3 is 9.80 Å². The first-order valence-electron chi connectivity index (χ1n) is 7.51. The lowest BCUT2D eigenvalue weighted by molar-refractivity contribution is -0.161. The maximum atomic E-state index is 12.6. The number of carbonyl (C=O) groups is 2. The maximum Gasteiger partial charge on any atom is 0.246 e. The molecule has 7 heteroatoms. The Morgan fingerprint density at radius 3 is 2.48 bits per heavy atom. The minimum Gasteiger partial charge on any atom is -0.329 e. The molecule has 2 aliphatic rings. The first-order valence-corrected chi connectivity index (χ1v) is 9.57. The predicted molar refractivity (Wildman–Crippen MR) is 79.4 cm³/mol. The van der Waals surface area contributed by atoms with E-state index in [9.17, 15) is 18.0 Å². The van der Waals surface area contributed by atoms with Crippen LogP contribution in [0.5, 0.6) is 0 Å². The molecule has 2 amide bonds. The van der Waals surface area contributed by atoms with Gasteiger partial charge in [0, 0.05) is 19.3 Å². The van der Waals surface area contributed by atoms with Crippen LogP contribution in [0.1, 0.15) is 33.1 Å². The summed E-state index contributed by atoms with van der Waals surface area (Å²) in [7, 11) is -3.04. The second-order valence-electron chi connectivity index (χ2n) is 6.39. The quantitative estimate of drug-likeness (QED) is 0.730. The van der Waals surface area contributed by atoms with Crippen molar-refractivity contribution < 1.29 is 18.0 Å². The first-order chi connectivity index (χ1) is 9.72. The number of hydrogen-bond acceptors (Lipinski definition) is 4. The highest BCUT2D eigenvalue weighted by Crippen LogP contribution is 2.29. The Bertz CT molecular complexity index is 529. The van der Waals surface area contributed by atoms with Crippen LogP contribution in [0.25, 0.3) is 0 Å². The van der Waals surface area contributed by atoms with Crippen molar-refractivity contribution in [3.05, 3.63) is 0 Å². The summed E-state index contributed by atoms with van der Waals surface area (Å²) < 4.78 is 22.5. The SMILES string of the molecule is CC(C)C1C(=O)N2CCCC2C(=O)N1CCCS(C)(=O)=O. The Kier molecular flexibility index (Phi) is 4.60. The molecule has 6 nitrogen and oxygen atoms in total. The summed E-state index contributed by atoms with van der Waals surface area (Å²) in [6, 6.07) is -0.780. The molecule has 0 saturated carbocycles. The molecule has 2 aliphatic heterocycles. The molecule has 2 fully saturated rings. The average molecular weight is 316 g/mol. The fraction of sp³-hybridized carbons (Fsp3) is 0.857. The van der Waals surface area contributed by atoms with Crippen LogP contribution in [0.15, 0.2) is 0 Å². The molecule has 0 aromatic carbocycles. The smallest absolute Gasteiger partial charge is 0.246 e. The molecule has 2 saturated heterocycles. The van der Waals surface area contributed by atoms with E-state index in [0.29, 0.717) is 19.5 Å². The third-order valence-corrected chi connectivity index (χ3v) is 5.27. The molecule has 0 radical (unpaired) electrons. The van der Waals surface area contributed by atoms with Crippen molar-refractivity contribution in [2.24, 2.45) is 5.92 Å². The van der Waals surface area contributed by atoms with E-state index in [-0.39, 0.29) is 29.5 Å². The molecule has 21 heavy (non-hydrogen) atoms. The van der Waals surface area contributed by atoms with Gasteiger partial charge in [-0.3, -0.25) is 9.59 Å². The number of sulfone groups is 1. The van der Waals surface area contributed by atoms with Gasteiger partial charge in [0.25, 0.3) is 0 Å². The van der Waals surface area contributed by atoms with Crippen LogP contribution in [0, 0.1) is 5.92 Å². The van der Waals surface area contributed by atoms with Crippen molar-refractivity contribution in [1.82, 2.24) is 9.80 Å². The number of amides is 2. The van der Waals surface area contributed by atoms with E-state index in [1.165, 1.54) is 6.26 Å². The largest absolute Gasteiger partial charge is 0.329 e. The van der Waals surface area contributed by atoms with Crippen LogP contribution in [-0.4, -0.2) is 67.2 Å². The van der Waals surface area contributed by atoms with Crippen molar-refractivity contribution in [1.29, 1.82) is 0 Å². The highest BCUT2D eigenvalue weighted by Gasteiger charge is 2.48. The van der Waals surface area contributed by atoms with Gasteiger partial charge in [0.2, 0.25) is 11.8 Å². The van der Waals surface area contributed by atoms with Crippen LogP contribution in [0.2, 0.25) is 0 Å². The monoisotopic (exact) mass is 316 g/mol. The second-order valence-corrected chi connectivity index (χ2v) is 8.65. The number of nitrogens with zero attached hydrogens (tertiary/aromatic N) is 2. The second kappa shape index (κ2) is 5.94. The summed E-state index contributed by atoms with van der Waals surface area (Å²) >= 11 is 0. The maximum absolute atomic E-state index is 12.6. The van der Waals surface area contributed by atoms with Crippen LogP contribution in [0.4, 0.5) is 0 Å². The third kappa shape index (κ3) is 3.39. The van der Waals surface area contributed by atoms with Crippen molar-refractivity contribution in [3.8, 4) is 0 Å². The van der Waals surface area contributed by atoms with E-state index in [1.54, 1.807) is 9.80 Å². The van der Waals surface area contributed by atoms with Gasteiger partial charge in [-0.05, 0) is 25.2 Å². The molecule has 0 N–H and O–H groups in total. The molecule has 0 aliphatic carbocycles. The van der Waals surface area contributed by atoms with E-state index < -0.39 is 15.9 Å². The minimum atomic E-state index is -3.04. The highest BCUT2D eigenvalue weighted by molar-refractivity contribution is 7.90. The summed E-state index contributed by atoms with van der Waals surface area (Å²) in [5.74, 6) is 0.0801. The molecule has 0 spiro atoms. The van der Waals surface area contributed by atoms with Gasteiger partial charge in [-0.1, -0.05) is 13.8 Å². The topological polar surface area (TPSA) is 74.8 Å². The first kappa shape index (κ1) is 16.3. The Morgan fingerprint density at radius 1 is 1.24 bits per heavy atom. The zero-order chi connectivity index (χ0) is 15.8. The van der Waals surface area contributed by atoms with Gasteiger partial charge in [-0.2, -0.15) is 0 Å². The van der Waals surface area contributed by atoms with Crippen molar-refractivity contribution in [3.63, 3.8) is 0 Å². The van der Waals surface area contributed by atoms with Crippen molar-refractivity contribution in [2.45, 2.75) is 45.2 Å². The zero-order valence-electron chi connectivity index (χ0n) is 12.9. The number of hydrogen-bond donors (Lipinski definition) is 0. The molecule has 0 aromatic rings. The Morgan fingerprint density at radius 2 is 1.90 bits per heavy atom. The van der Waals surface area contributed by atoms with Crippen LogP contribution in [-0.2, 0) is 19.4 Å². The Hall–Kier alpha value is -1.11. The van der Waals surface area contributed by atoms with E-state index in [2.05, 4.69) is 0 Å². The summed E-state index contributed by atoms with van der Waals surface area (Å²) in [4.78, 5) is 28.5. The van der Waals surface area contributed by atoms with Crippen LogP contribution >= 0.6 is 0 Å². The number of rotatable bonds is 5. The lowest BCUT2D eigenvalue weighted by Crippen LogP contribution is -2.64. The lowest BCUT2D eigenvalue weighted by Gasteiger charge is -2.44. The van der Waals surface area contributed by atoms with Gasteiger partial charge in [-0.15, -0.1) is 0 Å². The minimum absolute atomic E-state index is 0.0145. The van der Waals surface area contributed by atoms with E-state index in [1.807, 2.05) is 13.8 Å². The predicted octanol–water partition coefficient (Wildman–Crippen LogP) is 0.279. The van der Waals surface area contributed by atoms with Gasteiger partial charge in [0.05, 0.1) is 5.75 Å². The summed E-state index contributed by atoms with van der Waals surface area (Å²) in [6.07, 6.45) is 3.16. The lowest BCUT2D eigenvalue weighted by atomic mass is 9.96. The number of carbonyl (C=O) groups excluding carboxylic acids is 2. The molecule has 2 unspecified atom stereocenters. The Balaban J connectivity index is 2.15. The van der Waals surface area contributed by atoms with E-state index >= 15 is 0 Å². The zero-order valence-corrected chi connectivity index (χ0v) is 13.7. The molecular weight excluding hydrogens is 292 g/mol. The molecular formula is C14H24N2O4S. The summed E-state index contributed by atoms with van der Waals surface area (Å²) in [5, 5.41) is 0. The number of fused-ring (bicyclic) bond motifs is 1. The van der Waals surface area contributed by atoms with Crippen molar-refractivity contribution >= 4 is 21.7 Å². The molecule has 120 valence electrons. The molecule has 0 aromatic heterocycles. The normalized spacial score (nSPS) is 26.7. The number of piperazine rings is 1. The van der Waals surface area contributed by atoms with E-state index in [0.717, 1.165) is 12.8 Å². The van der Waals surface area contributed by atoms with Gasteiger partial charge in [0.15, 0.2) is 0 Å². The molecule has 2 atom stereocenters. The Labute approximate surface area is 126 Å². The van der Waals surface area contributed by atoms with Gasteiger partial charge >= 0.3 is 0 Å². The summed E-state index contributed by atoms with van der Waals surface area (Å²) in [6.45, 7) is 4.85. The third-order valence-electron chi connectivity index (χ3n) is 4.24. The van der Waals surface area contributed by atoms with Crippen LogP contribution < -0.4 is 0 Å². The molecule has 2 heterocycles. The fourth-order valence-electron chi connectivity index (χ4n) is 3.31. The van der Waals surface area contributed by atoms with Crippen molar-refractivity contribution in [2.75, 3.05) is 25.1 Å². The van der Waals surface area contributed by atoms with E-state index in [4.69, 9.17) is 0 Å². The summed E-state index contributed by atoms with van der Waals surface area (Å²) in [5.41, 5.74) is 0. The average Bonchev–Trinajstić information content (AvgIpc) is 2.82. The van der Waals surface area contributed by atoms with Gasteiger partial charge in [-0.25, -0.2) is 8.42 Å². The molecule has 0 bridgehead atoms. The molecule has 2 rings (SSSR count). The fourth-order valence-corrected chi connectivity index (χ4v) is 3.96. The standard InChI is InChI=1S/C14H24N2O4S/c1-10(2)12-14(18)15-7-4-6-11(15)13(17)16(12)8-5-9-21(3,19)20/h10-12H,4-9H2,1-3H3. The van der Waals surface area contributed by atoms with Gasteiger partial charge in [0.1, 0.15) is 21.9 Å². The highest BCUT2D eigenvalue weighted by atomic mass is 32.2.